The van der Waals surface area contributed by atoms with Crippen LogP contribution in [0.1, 0.15) is 11.1 Å². The summed E-state index contributed by atoms with van der Waals surface area (Å²) >= 11 is 0. The molecule has 0 spiro atoms. The van der Waals surface area contributed by atoms with Gasteiger partial charge in [-0.3, -0.25) is 4.84 Å². The minimum atomic E-state index is -1.84. The zero-order chi connectivity index (χ0) is 15.1. The van der Waals surface area contributed by atoms with E-state index < -0.39 is 11.6 Å². The number of hydrogen-bond donors (Lipinski definition) is 3. The van der Waals surface area contributed by atoms with Crippen molar-refractivity contribution in [2.75, 3.05) is 13.1 Å². The normalized spacial score (nSPS) is 10.6. The number of aliphatic hydroxyl groups is 1. The van der Waals surface area contributed by atoms with Crippen molar-refractivity contribution in [1.82, 2.24) is 0 Å². The average molecular weight is 367 g/mol. The molecule has 0 unspecified atom stereocenters. The standard InChI is InChI=1S/C16H18N2O3.BrH/c17-11-12-18-21-15(19)16(20,13-7-3-1-4-8-13)14-9-5-2-6-10-14;/h1-10,18,20H,11-12,17H2;1H. The van der Waals surface area contributed by atoms with Gasteiger partial charge in [0.25, 0.3) is 0 Å². The Bertz CT molecular complexity index is 539. The van der Waals surface area contributed by atoms with Crippen LogP contribution in [0.3, 0.4) is 0 Å². The van der Waals surface area contributed by atoms with Gasteiger partial charge in [-0.1, -0.05) is 60.7 Å². The Morgan fingerprint density at radius 2 is 1.50 bits per heavy atom. The molecule has 0 aliphatic carbocycles. The first kappa shape index (κ1) is 18.3. The smallest absolute Gasteiger partial charge is 0.406 e. The van der Waals surface area contributed by atoms with Gasteiger partial charge in [-0.15, -0.1) is 0 Å². The van der Waals surface area contributed by atoms with Gasteiger partial charge in [0.1, 0.15) is 6.54 Å². The number of nitrogens with two attached hydrogens (primary N) is 2. The van der Waals surface area contributed by atoms with E-state index in [-0.39, 0.29) is 17.0 Å². The van der Waals surface area contributed by atoms with Crippen molar-refractivity contribution in [3.63, 3.8) is 0 Å². The lowest BCUT2D eigenvalue weighted by Gasteiger charge is -2.25. The summed E-state index contributed by atoms with van der Waals surface area (Å²) < 4.78 is 0. The second-order valence-corrected chi connectivity index (χ2v) is 4.59. The monoisotopic (exact) mass is 366 g/mol. The number of carbonyl (C=O) groups is 1. The molecule has 2 rings (SSSR count). The minimum absolute atomic E-state index is 0. The fraction of sp³-hybridized carbons (Fsp3) is 0.188. The van der Waals surface area contributed by atoms with E-state index in [9.17, 15) is 9.90 Å². The molecule has 0 aromatic heterocycles. The summed E-state index contributed by atoms with van der Waals surface area (Å²) in [4.78, 5) is 17.5. The Morgan fingerprint density at radius 1 is 1.05 bits per heavy atom. The highest BCUT2D eigenvalue weighted by molar-refractivity contribution is 5.84. The highest BCUT2D eigenvalue weighted by Gasteiger charge is 2.43. The number of hydroxylamine groups is 1. The Balaban J connectivity index is 0.00000242. The van der Waals surface area contributed by atoms with Crippen LogP contribution in [-0.2, 0) is 15.2 Å². The lowest BCUT2D eigenvalue weighted by atomic mass is 9.86. The van der Waals surface area contributed by atoms with E-state index >= 15 is 0 Å². The molecule has 0 aliphatic heterocycles. The molecule has 5 N–H and O–H groups in total. The fourth-order valence-electron chi connectivity index (χ4n) is 2.05. The van der Waals surface area contributed by atoms with E-state index in [1.54, 1.807) is 48.5 Å². The van der Waals surface area contributed by atoms with Crippen LogP contribution in [0, 0.1) is 0 Å². The molecule has 0 fully saturated rings. The van der Waals surface area contributed by atoms with Gasteiger partial charge in [-0.05, 0) is 11.1 Å². The second-order valence-electron chi connectivity index (χ2n) is 4.59. The molecule has 0 radical (unpaired) electrons. The Kier molecular flexibility index (Phi) is 7.20. The summed E-state index contributed by atoms with van der Waals surface area (Å²) in [5.74, 6) is -0.742. The zero-order valence-electron chi connectivity index (χ0n) is 12.0. The molecule has 0 aliphatic rings. The fourth-order valence-corrected chi connectivity index (χ4v) is 2.05. The minimum Gasteiger partial charge on any atom is -1.00 e. The summed E-state index contributed by atoms with van der Waals surface area (Å²) in [5.41, 5.74) is 5.76. The molecule has 5 nitrogen and oxygen atoms in total. The lowest BCUT2D eigenvalue weighted by Crippen LogP contribution is -3.00. The van der Waals surface area contributed by atoms with Gasteiger partial charge in [-0.2, -0.15) is 5.48 Å². The molecule has 0 heterocycles. The largest absolute Gasteiger partial charge is 1.00 e. The molecule has 0 saturated heterocycles. The van der Waals surface area contributed by atoms with Crippen molar-refractivity contribution in [2.45, 2.75) is 5.60 Å². The summed E-state index contributed by atoms with van der Waals surface area (Å²) in [6.45, 7) is 0.813. The van der Waals surface area contributed by atoms with Crippen LogP contribution in [0.4, 0.5) is 0 Å². The van der Waals surface area contributed by atoms with Gasteiger partial charge in [-0.25, -0.2) is 4.79 Å². The molecule has 22 heavy (non-hydrogen) atoms. The molecule has 6 heteroatoms. The number of quaternary nitrogens is 1. The van der Waals surface area contributed by atoms with Crippen molar-refractivity contribution in [3.8, 4) is 0 Å². The van der Waals surface area contributed by atoms with Gasteiger partial charge in [0.05, 0.1) is 0 Å². The van der Waals surface area contributed by atoms with Crippen molar-refractivity contribution >= 4 is 5.97 Å². The Labute approximate surface area is 139 Å². The highest BCUT2D eigenvalue weighted by Crippen LogP contribution is 2.30. The first-order valence-corrected chi connectivity index (χ1v) is 6.76. The molecule has 0 amide bonds. The third-order valence-corrected chi connectivity index (χ3v) is 3.15. The third kappa shape index (κ3) is 3.92. The van der Waals surface area contributed by atoms with Gasteiger partial charge >= 0.3 is 5.97 Å². The van der Waals surface area contributed by atoms with E-state index in [0.717, 1.165) is 0 Å². The molecule has 118 valence electrons. The maximum atomic E-state index is 12.4. The lowest BCUT2D eigenvalue weighted by molar-refractivity contribution is -0.871. The topological polar surface area (TPSA) is 89.2 Å². The SMILES string of the molecule is NCC[NH2+]OC(=O)C(O)(c1ccccc1)c1ccccc1.[Br-]. The van der Waals surface area contributed by atoms with Crippen LogP contribution in [0.5, 0.6) is 0 Å². The molecular weight excluding hydrogens is 348 g/mol. The Morgan fingerprint density at radius 3 is 1.91 bits per heavy atom. The predicted molar refractivity (Wildman–Crippen MR) is 77.8 cm³/mol. The maximum absolute atomic E-state index is 12.4. The number of carbonyl (C=O) groups excluding carboxylic acids is 1. The predicted octanol–water partition coefficient (Wildman–Crippen LogP) is -3.09. The van der Waals surface area contributed by atoms with Gasteiger partial charge in [0.15, 0.2) is 0 Å². The van der Waals surface area contributed by atoms with E-state index in [2.05, 4.69) is 0 Å². The van der Waals surface area contributed by atoms with Crippen LogP contribution in [0.2, 0.25) is 0 Å². The Hall–Kier alpha value is -1.73. The van der Waals surface area contributed by atoms with Gasteiger partial charge in [0, 0.05) is 6.54 Å². The maximum Gasteiger partial charge on any atom is 0.406 e. The van der Waals surface area contributed by atoms with E-state index in [1.165, 1.54) is 5.48 Å². The molecule has 0 saturated carbocycles. The van der Waals surface area contributed by atoms with Crippen LogP contribution < -0.4 is 28.2 Å². The number of rotatable bonds is 6. The van der Waals surface area contributed by atoms with Crippen molar-refractivity contribution in [3.05, 3.63) is 71.8 Å². The van der Waals surface area contributed by atoms with Crippen molar-refractivity contribution in [1.29, 1.82) is 0 Å². The second kappa shape index (κ2) is 8.65. The quantitative estimate of drug-likeness (QED) is 0.373. The molecular formula is C16H19BrN2O3. The van der Waals surface area contributed by atoms with Crippen molar-refractivity contribution < 1.29 is 37.2 Å². The van der Waals surface area contributed by atoms with E-state index in [4.69, 9.17) is 10.6 Å². The molecule has 0 bridgehead atoms. The summed E-state index contributed by atoms with van der Waals surface area (Å²) in [5, 5.41) is 11.0. The number of benzene rings is 2. The van der Waals surface area contributed by atoms with Crippen LogP contribution in [0.15, 0.2) is 60.7 Å². The first-order chi connectivity index (χ1) is 10.2. The highest BCUT2D eigenvalue weighted by atomic mass is 79.9. The zero-order valence-corrected chi connectivity index (χ0v) is 13.6. The molecule has 0 atom stereocenters. The summed E-state index contributed by atoms with van der Waals surface area (Å²) in [6, 6.07) is 17.5. The first-order valence-electron chi connectivity index (χ1n) is 6.76. The van der Waals surface area contributed by atoms with Gasteiger partial charge < -0.3 is 27.8 Å². The average Bonchev–Trinajstić information content (AvgIpc) is 2.56. The van der Waals surface area contributed by atoms with Crippen LogP contribution in [0.25, 0.3) is 0 Å². The van der Waals surface area contributed by atoms with E-state index in [0.29, 0.717) is 24.2 Å². The van der Waals surface area contributed by atoms with Crippen LogP contribution >= 0.6 is 0 Å². The van der Waals surface area contributed by atoms with Crippen molar-refractivity contribution in [2.24, 2.45) is 5.73 Å². The van der Waals surface area contributed by atoms with Gasteiger partial charge in [0.2, 0.25) is 5.60 Å². The molecule has 2 aromatic carbocycles. The number of hydrogen-bond acceptors (Lipinski definition) is 4. The summed E-state index contributed by atoms with van der Waals surface area (Å²) in [6.07, 6.45) is 0. The third-order valence-electron chi connectivity index (χ3n) is 3.15. The molecule has 2 aromatic rings. The summed E-state index contributed by atoms with van der Waals surface area (Å²) in [7, 11) is 0. The number of halogens is 1. The van der Waals surface area contributed by atoms with Crippen LogP contribution in [-0.4, -0.2) is 24.2 Å². The van der Waals surface area contributed by atoms with E-state index in [1.807, 2.05) is 12.1 Å².